The predicted octanol–water partition coefficient (Wildman–Crippen LogP) is 1.02. The standard InChI is InChI=1S/C25H33N6.ClH/c1-6-7-8-25-30(26-19-21-9-13-23(14-10-21)28(2)3)17-18-31(25)27-20-22-11-15-24(16-12-22)29(4)5;/h9-20H,6-8H2,1-5H3;1H/q+1;/p-1. The Balaban J connectivity index is 0.00000363. The summed E-state index contributed by atoms with van der Waals surface area (Å²) in [5.74, 6) is 1.06. The first-order chi connectivity index (χ1) is 15.0. The third-order valence-corrected chi connectivity index (χ3v) is 5.11. The number of unbranched alkanes of at least 4 members (excludes halogenated alkanes) is 1. The zero-order valence-corrected chi connectivity index (χ0v) is 20.4. The fourth-order valence-electron chi connectivity index (χ4n) is 3.15. The molecule has 0 atom stereocenters. The van der Waals surface area contributed by atoms with E-state index in [1.54, 1.807) is 0 Å². The average Bonchev–Trinajstić information content (AvgIpc) is 3.16. The molecule has 170 valence electrons. The quantitative estimate of drug-likeness (QED) is 0.359. The van der Waals surface area contributed by atoms with Crippen molar-refractivity contribution < 1.29 is 17.1 Å². The molecule has 0 aliphatic carbocycles. The molecule has 0 aliphatic rings. The highest BCUT2D eigenvalue weighted by molar-refractivity contribution is 5.80. The number of hydrogen-bond donors (Lipinski definition) is 0. The van der Waals surface area contributed by atoms with Crippen LogP contribution in [0.4, 0.5) is 11.4 Å². The van der Waals surface area contributed by atoms with Crippen LogP contribution < -0.4 is 26.9 Å². The maximum atomic E-state index is 4.69. The van der Waals surface area contributed by atoms with Crippen molar-refractivity contribution in [2.45, 2.75) is 26.2 Å². The van der Waals surface area contributed by atoms with Gasteiger partial charge in [-0.1, -0.05) is 47.8 Å². The van der Waals surface area contributed by atoms with Crippen molar-refractivity contribution in [3.05, 3.63) is 77.9 Å². The number of aromatic nitrogens is 2. The van der Waals surface area contributed by atoms with Gasteiger partial charge in [0.25, 0.3) is 0 Å². The van der Waals surface area contributed by atoms with Crippen LogP contribution >= 0.6 is 0 Å². The number of hydrogen-bond acceptors (Lipinski definition) is 4. The Labute approximate surface area is 197 Å². The van der Waals surface area contributed by atoms with Gasteiger partial charge in [0.05, 0.1) is 18.9 Å². The van der Waals surface area contributed by atoms with Crippen LogP contribution in [0.1, 0.15) is 36.7 Å². The SMILES string of the molecule is CCCCc1n(N=Cc2ccc(N(C)C)cc2)cc[n+]1N=Cc1ccc(N(C)C)cc1.[Cl-]. The number of halogens is 1. The van der Waals surface area contributed by atoms with Crippen LogP contribution in [-0.4, -0.2) is 45.3 Å². The van der Waals surface area contributed by atoms with E-state index in [-0.39, 0.29) is 12.4 Å². The summed E-state index contributed by atoms with van der Waals surface area (Å²) in [6.45, 7) is 2.20. The van der Waals surface area contributed by atoms with E-state index in [0.29, 0.717) is 0 Å². The number of rotatable bonds is 9. The molecule has 0 saturated carbocycles. The van der Waals surface area contributed by atoms with E-state index >= 15 is 0 Å². The van der Waals surface area contributed by atoms with Crippen LogP contribution in [-0.2, 0) is 6.42 Å². The van der Waals surface area contributed by atoms with Crippen molar-refractivity contribution in [3.8, 4) is 0 Å². The second kappa shape index (κ2) is 12.1. The molecule has 0 N–H and O–H groups in total. The predicted molar refractivity (Wildman–Crippen MR) is 131 cm³/mol. The van der Waals surface area contributed by atoms with Crippen molar-refractivity contribution in [3.63, 3.8) is 0 Å². The lowest BCUT2D eigenvalue weighted by molar-refractivity contribution is -0.685. The van der Waals surface area contributed by atoms with Gasteiger partial charge < -0.3 is 22.2 Å². The van der Waals surface area contributed by atoms with E-state index in [2.05, 4.69) is 75.5 Å². The smallest absolute Gasteiger partial charge is 0.307 e. The lowest BCUT2D eigenvalue weighted by Gasteiger charge is -2.11. The van der Waals surface area contributed by atoms with Gasteiger partial charge in [-0.3, -0.25) is 0 Å². The second-order valence-electron chi connectivity index (χ2n) is 7.97. The third kappa shape index (κ3) is 6.69. The van der Waals surface area contributed by atoms with Crippen LogP contribution in [0.2, 0.25) is 0 Å². The van der Waals surface area contributed by atoms with Crippen molar-refractivity contribution >= 4 is 23.8 Å². The lowest BCUT2D eigenvalue weighted by Crippen LogP contribution is -3.00. The normalized spacial score (nSPS) is 11.2. The molecule has 3 rings (SSSR count). The van der Waals surface area contributed by atoms with Gasteiger partial charge in [-0.25, -0.2) is 0 Å². The number of nitrogens with zero attached hydrogens (tertiary/aromatic N) is 6. The molecule has 0 fully saturated rings. The molecular formula is C25H33ClN6. The van der Waals surface area contributed by atoms with Gasteiger partial charge in [-0.2, -0.15) is 0 Å². The average molecular weight is 453 g/mol. The zero-order valence-electron chi connectivity index (χ0n) is 19.6. The summed E-state index contributed by atoms with van der Waals surface area (Å²) in [5, 5.41) is 9.38. The molecule has 1 heterocycles. The van der Waals surface area contributed by atoms with Crippen molar-refractivity contribution in [1.29, 1.82) is 0 Å². The summed E-state index contributed by atoms with van der Waals surface area (Å²) in [6.07, 6.45) is 10.8. The van der Waals surface area contributed by atoms with E-state index < -0.39 is 0 Å². The summed E-state index contributed by atoms with van der Waals surface area (Å²) in [7, 11) is 8.16. The van der Waals surface area contributed by atoms with Crippen LogP contribution in [0.15, 0.2) is 71.1 Å². The van der Waals surface area contributed by atoms with E-state index in [4.69, 9.17) is 0 Å². The Hall–Kier alpha value is -3.12. The van der Waals surface area contributed by atoms with Crippen LogP contribution in [0.5, 0.6) is 0 Å². The van der Waals surface area contributed by atoms with E-state index in [1.807, 2.05) is 62.4 Å². The molecule has 6 nitrogen and oxygen atoms in total. The molecule has 0 unspecified atom stereocenters. The van der Waals surface area contributed by atoms with Gasteiger partial charge in [0.15, 0.2) is 12.4 Å². The number of imidazole rings is 1. The Morgan fingerprint density at radius 1 is 0.844 bits per heavy atom. The first kappa shape index (κ1) is 25.1. The largest absolute Gasteiger partial charge is 1.00 e. The molecule has 32 heavy (non-hydrogen) atoms. The van der Waals surface area contributed by atoms with Crippen molar-refractivity contribution in [2.24, 2.45) is 10.2 Å². The van der Waals surface area contributed by atoms with Crippen LogP contribution in [0.3, 0.4) is 0 Å². The van der Waals surface area contributed by atoms with E-state index in [9.17, 15) is 0 Å². The van der Waals surface area contributed by atoms with Gasteiger partial charge >= 0.3 is 5.82 Å². The third-order valence-electron chi connectivity index (χ3n) is 5.11. The Bertz CT molecular complexity index is 939. The summed E-state index contributed by atoms with van der Waals surface area (Å²) < 4.78 is 3.84. The first-order valence-electron chi connectivity index (χ1n) is 10.7. The maximum Gasteiger partial charge on any atom is 0.307 e. The van der Waals surface area contributed by atoms with Crippen LogP contribution in [0.25, 0.3) is 0 Å². The summed E-state index contributed by atoms with van der Waals surface area (Å²) >= 11 is 0. The number of benzene rings is 2. The monoisotopic (exact) mass is 452 g/mol. The molecule has 0 spiro atoms. The molecule has 0 radical (unpaired) electrons. The Morgan fingerprint density at radius 3 is 1.88 bits per heavy atom. The summed E-state index contributed by atoms with van der Waals surface area (Å²) in [5.41, 5.74) is 4.48. The molecular weight excluding hydrogens is 420 g/mol. The minimum Gasteiger partial charge on any atom is -1.00 e. The molecule has 7 heteroatoms. The van der Waals surface area contributed by atoms with Gasteiger partial charge in [0, 0.05) is 39.6 Å². The minimum absolute atomic E-state index is 0. The van der Waals surface area contributed by atoms with E-state index in [1.165, 1.54) is 11.4 Å². The highest BCUT2D eigenvalue weighted by atomic mass is 35.5. The lowest BCUT2D eigenvalue weighted by atomic mass is 10.2. The van der Waals surface area contributed by atoms with E-state index in [0.717, 1.165) is 36.2 Å². The van der Waals surface area contributed by atoms with Gasteiger partial charge in [-0.05, 0) is 41.8 Å². The second-order valence-corrected chi connectivity index (χ2v) is 7.97. The molecule has 1 aromatic heterocycles. The topological polar surface area (TPSA) is 40.0 Å². The zero-order chi connectivity index (χ0) is 22.2. The molecule has 0 saturated heterocycles. The highest BCUT2D eigenvalue weighted by Crippen LogP contribution is 2.12. The molecule has 3 aromatic rings. The van der Waals surface area contributed by atoms with Crippen LogP contribution in [0, 0.1) is 0 Å². The van der Waals surface area contributed by atoms with Gasteiger partial charge in [-0.15, -0.1) is 9.35 Å². The first-order valence-corrected chi connectivity index (χ1v) is 10.7. The fraction of sp³-hybridized carbons (Fsp3) is 0.320. The fourth-order valence-corrected chi connectivity index (χ4v) is 3.15. The minimum atomic E-state index is 0. The highest BCUT2D eigenvalue weighted by Gasteiger charge is 2.16. The molecule has 2 aromatic carbocycles. The maximum absolute atomic E-state index is 4.69. The van der Waals surface area contributed by atoms with Crippen molar-refractivity contribution in [2.75, 3.05) is 38.0 Å². The summed E-state index contributed by atoms with van der Waals surface area (Å²) in [4.78, 5) is 4.18. The van der Waals surface area contributed by atoms with Gasteiger partial charge in [0.1, 0.15) is 0 Å². The molecule has 0 aliphatic heterocycles. The number of anilines is 2. The summed E-state index contributed by atoms with van der Waals surface area (Å²) in [6, 6.07) is 16.7. The van der Waals surface area contributed by atoms with Crippen molar-refractivity contribution in [1.82, 2.24) is 4.68 Å². The molecule has 0 bridgehead atoms. The molecule has 0 amide bonds. The Morgan fingerprint density at radius 2 is 1.38 bits per heavy atom. The van der Waals surface area contributed by atoms with Gasteiger partial charge in [0.2, 0.25) is 0 Å². The Kier molecular flexibility index (Phi) is 9.47.